The van der Waals surface area contributed by atoms with E-state index in [0.29, 0.717) is 12.3 Å². The molecule has 18 heavy (non-hydrogen) atoms. The van der Waals surface area contributed by atoms with E-state index in [1.165, 1.54) is 24.0 Å². The Balaban J connectivity index is 1.72. The van der Waals surface area contributed by atoms with Crippen LogP contribution in [0.15, 0.2) is 36.5 Å². The fourth-order valence-electron chi connectivity index (χ4n) is 2.36. The predicted octanol–water partition coefficient (Wildman–Crippen LogP) is 2.73. The number of aryl methyl sites for hydroxylation is 2. The van der Waals surface area contributed by atoms with Crippen molar-refractivity contribution in [2.75, 3.05) is 5.73 Å². The average Bonchev–Trinajstić information content (AvgIpc) is 2.85. The smallest absolute Gasteiger partial charge is 0.132 e. The Morgan fingerprint density at radius 2 is 2.06 bits per heavy atom. The van der Waals surface area contributed by atoms with E-state index in [1.54, 1.807) is 6.20 Å². The molecule has 92 valence electrons. The highest BCUT2D eigenvalue weighted by Gasteiger charge is 2.11. The SMILES string of the molecule is Nc1cccnc1COc1ccc2c(c1)CCC2. The highest BCUT2D eigenvalue weighted by molar-refractivity contribution is 5.42. The Bertz CT molecular complexity index is 566. The largest absolute Gasteiger partial charge is 0.487 e. The number of fused-ring (bicyclic) bond motifs is 1. The predicted molar refractivity (Wildman–Crippen MR) is 71.4 cm³/mol. The van der Waals surface area contributed by atoms with Crippen molar-refractivity contribution in [3.63, 3.8) is 0 Å². The zero-order chi connectivity index (χ0) is 12.4. The first kappa shape index (κ1) is 11.1. The lowest BCUT2D eigenvalue weighted by atomic mass is 10.1. The minimum atomic E-state index is 0.422. The van der Waals surface area contributed by atoms with E-state index in [4.69, 9.17) is 10.5 Å². The first-order valence-corrected chi connectivity index (χ1v) is 6.27. The minimum absolute atomic E-state index is 0.422. The molecule has 1 aromatic carbocycles. The molecule has 0 aliphatic heterocycles. The summed E-state index contributed by atoms with van der Waals surface area (Å²) in [5, 5.41) is 0. The summed E-state index contributed by atoms with van der Waals surface area (Å²) in [6.45, 7) is 0.422. The van der Waals surface area contributed by atoms with Gasteiger partial charge >= 0.3 is 0 Å². The second-order valence-electron chi connectivity index (χ2n) is 4.61. The Kier molecular flexibility index (Phi) is 2.89. The fraction of sp³-hybridized carbons (Fsp3) is 0.267. The summed E-state index contributed by atoms with van der Waals surface area (Å²) in [5.74, 6) is 0.903. The van der Waals surface area contributed by atoms with E-state index < -0.39 is 0 Å². The van der Waals surface area contributed by atoms with Crippen LogP contribution in [0.5, 0.6) is 5.75 Å². The highest BCUT2D eigenvalue weighted by atomic mass is 16.5. The molecule has 3 rings (SSSR count). The second kappa shape index (κ2) is 4.69. The van der Waals surface area contributed by atoms with Crippen molar-refractivity contribution in [1.82, 2.24) is 4.98 Å². The number of pyridine rings is 1. The minimum Gasteiger partial charge on any atom is -0.487 e. The number of benzene rings is 1. The van der Waals surface area contributed by atoms with Crippen LogP contribution in [0, 0.1) is 0 Å². The Morgan fingerprint density at radius 3 is 2.94 bits per heavy atom. The molecular weight excluding hydrogens is 224 g/mol. The number of nitrogens with two attached hydrogens (primary N) is 1. The van der Waals surface area contributed by atoms with Crippen molar-refractivity contribution in [3.8, 4) is 5.75 Å². The zero-order valence-corrected chi connectivity index (χ0v) is 10.2. The van der Waals surface area contributed by atoms with Crippen molar-refractivity contribution < 1.29 is 4.74 Å². The molecule has 1 aliphatic rings. The average molecular weight is 240 g/mol. The van der Waals surface area contributed by atoms with Crippen molar-refractivity contribution in [3.05, 3.63) is 53.3 Å². The molecular formula is C15H16N2O. The molecule has 2 aromatic rings. The molecule has 0 spiro atoms. The third kappa shape index (κ3) is 2.16. The van der Waals surface area contributed by atoms with Gasteiger partial charge in [0.15, 0.2) is 0 Å². The molecule has 3 nitrogen and oxygen atoms in total. The van der Waals surface area contributed by atoms with E-state index >= 15 is 0 Å². The Morgan fingerprint density at radius 1 is 1.17 bits per heavy atom. The van der Waals surface area contributed by atoms with Gasteiger partial charge in [-0.15, -0.1) is 0 Å². The quantitative estimate of drug-likeness (QED) is 0.897. The van der Waals surface area contributed by atoms with Crippen LogP contribution in [0.4, 0.5) is 5.69 Å². The third-order valence-electron chi connectivity index (χ3n) is 3.37. The van der Waals surface area contributed by atoms with Crippen LogP contribution < -0.4 is 10.5 Å². The van der Waals surface area contributed by atoms with E-state index in [-0.39, 0.29) is 0 Å². The van der Waals surface area contributed by atoms with Gasteiger partial charge < -0.3 is 10.5 Å². The van der Waals surface area contributed by atoms with Gasteiger partial charge in [0, 0.05) is 6.20 Å². The van der Waals surface area contributed by atoms with Gasteiger partial charge in [0.1, 0.15) is 18.1 Å². The molecule has 2 N–H and O–H groups in total. The van der Waals surface area contributed by atoms with Gasteiger partial charge in [-0.3, -0.25) is 4.98 Å². The topological polar surface area (TPSA) is 48.1 Å². The van der Waals surface area contributed by atoms with Gasteiger partial charge in [0.2, 0.25) is 0 Å². The van der Waals surface area contributed by atoms with Crippen molar-refractivity contribution >= 4 is 5.69 Å². The van der Waals surface area contributed by atoms with E-state index in [1.807, 2.05) is 18.2 Å². The number of anilines is 1. The number of nitrogens with zero attached hydrogens (tertiary/aromatic N) is 1. The van der Waals surface area contributed by atoms with Crippen LogP contribution in [0.2, 0.25) is 0 Å². The first-order valence-electron chi connectivity index (χ1n) is 6.27. The van der Waals surface area contributed by atoms with Crippen molar-refractivity contribution in [2.24, 2.45) is 0 Å². The van der Waals surface area contributed by atoms with Gasteiger partial charge in [-0.05, 0) is 54.7 Å². The molecule has 0 fully saturated rings. The molecule has 0 bridgehead atoms. The number of rotatable bonds is 3. The Labute approximate surface area is 107 Å². The molecule has 0 atom stereocenters. The fourth-order valence-corrected chi connectivity index (χ4v) is 2.36. The number of ether oxygens (including phenoxy) is 1. The Hall–Kier alpha value is -2.03. The van der Waals surface area contributed by atoms with Crippen LogP contribution in [-0.4, -0.2) is 4.98 Å². The van der Waals surface area contributed by atoms with Gasteiger partial charge in [-0.25, -0.2) is 0 Å². The molecule has 3 heteroatoms. The lowest BCUT2D eigenvalue weighted by molar-refractivity contribution is 0.302. The van der Waals surface area contributed by atoms with Crippen molar-refractivity contribution in [2.45, 2.75) is 25.9 Å². The summed E-state index contributed by atoms with van der Waals surface area (Å²) < 4.78 is 5.76. The maximum absolute atomic E-state index is 5.83. The maximum atomic E-state index is 5.83. The monoisotopic (exact) mass is 240 g/mol. The van der Waals surface area contributed by atoms with Gasteiger partial charge in [0.05, 0.1) is 5.69 Å². The first-order chi connectivity index (χ1) is 8.83. The van der Waals surface area contributed by atoms with Crippen LogP contribution in [0.3, 0.4) is 0 Å². The van der Waals surface area contributed by atoms with Crippen LogP contribution in [0.25, 0.3) is 0 Å². The van der Waals surface area contributed by atoms with Crippen molar-refractivity contribution in [1.29, 1.82) is 0 Å². The normalized spacial score (nSPS) is 13.3. The molecule has 0 saturated heterocycles. The second-order valence-corrected chi connectivity index (χ2v) is 4.61. The number of hydrogen-bond acceptors (Lipinski definition) is 3. The van der Waals surface area contributed by atoms with Crippen LogP contribution >= 0.6 is 0 Å². The third-order valence-corrected chi connectivity index (χ3v) is 3.37. The van der Waals surface area contributed by atoms with Gasteiger partial charge in [-0.1, -0.05) is 6.07 Å². The van der Waals surface area contributed by atoms with E-state index in [2.05, 4.69) is 17.1 Å². The zero-order valence-electron chi connectivity index (χ0n) is 10.2. The summed E-state index contributed by atoms with van der Waals surface area (Å²) in [6.07, 6.45) is 5.35. The molecule has 1 aromatic heterocycles. The highest BCUT2D eigenvalue weighted by Crippen LogP contribution is 2.26. The standard InChI is InChI=1S/C15H16N2O/c16-14-5-2-8-17-15(14)10-18-13-7-6-11-3-1-4-12(11)9-13/h2,5-9H,1,3-4,10,16H2. The number of aromatic nitrogens is 1. The molecule has 0 radical (unpaired) electrons. The molecule has 1 aliphatic carbocycles. The van der Waals surface area contributed by atoms with E-state index in [0.717, 1.165) is 17.9 Å². The van der Waals surface area contributed by atoms with Gasteiger partial charge in [0.25, 0.3) is 0 Å². The summed E-state index contributed by atoms with van der Waals surface area (Å²) in [7, 11) is 0. The summed E-state index contributed by atoms with van der Waals surface area (Å²) in [6, 6.07) is 10.0. The summed E-state index contributed by atoms with van der Waals surface area (Å²) in [5.41, 5.74) is 10.2. The van der Waals surface area contributed by atoms with Gasteiger partial charge in [-0.2, -0.15) is 0 Å². The summed E-state index contributed by atoms with van der Waals surface area (Å²) >= 11 is 0. The number of nitrogen functional groups attached to an aromatic ring is 1. The van der Waals surface area contributed by atoms with Crippen LogP contribution in [0.1, 0.15) is 23.2 Å². The molecule has 0 amide bonds. The summed E-state index contributed by atoms with van der Waals surface area (Å²) in [4.78, 5) is 4.22. The molecule has 0 saturated carbocycles. The molecule has 0 unspecified atom stereocenters. The van der Waals surface area contributed by atoms with Crippen LogP contribution in [-0.2, 0) is 19.4 Å². The van der Waals surface area contributed by atoms with E-state index in [9.17, 15) is 0 Å². The maximum Gasteiger partial charge on any atom is 0.132 e. The lowest BCUT2D eigenvalue weighted by Crippen LogP contribution is -2.02. The number of hydrogen-bond donors (Lipinski definition) is 1. The molecule has 1 heterocycles. The lowest BCUT2D eigenvalue weighted by Gasteiger charge is -2.09.